The molecule has 0 aromatic rings. The maximum absolute atomic E-state index is 10.5. The van der Waals surface area contributed by atoms with Crippen molar-refractivity contribution in [2.24, 2.45) is 0 Å². The quantitative estimate of drug-likeness (QED) is 0.604. The fourth-order valence-corrected chi connectivity index (χ4v) is 0.414. The topological polar surface area (TPSA) is 55.4 Å². The van der Waals surface area contributed by atoms with Crippen molar-refractivity contribution < 1.29 is 14.3 Å². The largest absolute Gasteiger partial charge is 0.450 e. The second-order valence-electron chi connectivity index (χ2n) is 1.74. The van der Waals surface area contributed by atoms with Gasteiger partial charge >= 0.3 is 6.09 Å². The lowest BCUT2D eigenvalue weighted by molar-refractivity contribution is -0.113. The summed E-state index contributed by atoms with van der Waals surface area (Å²) in [5.74, 6) is -0.238. The van der Waals surface area contributed by atoms with Crippen LogP contribution in [0.2, 0.25) is 0 Å². The van der Waals surface area contributed by atoms with Gasteiger partial charge in [0.15, 0.2) is 5.78 Å². The number of ether oxygens (including phenoxy) is 1. The van der Waals surface area contributed by atoms with Crippen LogP contribution in [0.1, 0.15) is 6.92 Å². The second-order valence-corrected chi connectivity index (χ2v) is 1.74. The van der Waals surface area contributed by atoms with Crippen LogP contribution in [-0.4, -0.2) is 25.0 Å². The third kappa shape index (κ3) is 5.14. The molecule has 0 aliphatic carbocycles. The molecule has 0 saturated carbocycles. The molecule has 0 aliphatic rings. The molecule has 0 aromatic heterocycles. The van der Waals surface area contributed by atoms with Crippen LogP contribution >= 0.6 is 0 Å². The SMILES string of the molecule is C=CC(=O)CNC(=O)OCC. The number of rotatable bonds is 4. The highest BCUT2D eigenvalue weighted by Crippen LogP contribution is 1.76. The van der Waals surface area contributed by atoms with Crippen molar-refractivity contribution in [3.8, 4) is 0 Å². The summed E-state index contributed by atoms with van der Waals surface area (Å²) in [7, 11) is 0. The molecule has 1 amide bonds. The highest BCUT2D eigenvalue weighted by atomic mass is 16.5. The molecule has 0 aromatic carbocycles. The van der Waals surface area contributed by atoms with Crippen molar-refractivity contribution >= 4 is 11.9 Å². The molecule has 0 fully saturated rings. The van der Waals surface area contributed by atoms with Gasteiger partial charge in [-0.3, -0.25) is 4.79 Å². The molecular formula is C7H11NO3. The molecule has 0 saturated heterocycles. The number of hydrogen-bond acceptors (Lipinski definition) is 3. The number of amides is 1. The number of ketones is 1. The summed E-state index contributed by atoms with van der Waals surface area (Å²) in [5.41, 5.74) is 0. The molecule has 0 spiro atoms. The minimum atomic E-state index is -0.581. The molecule has 0 atom stereocenters. The van der Waals surface area contributed by atoms with Gasteiger partial charge in [0.25, 0.3) is 0 Å². The van der Waals surface area contributed by atoms with Gasteiger partial charge in [0.2, 0.25) is 0 Å². The van der Waals surface area contributed by atoms with E-state index in [4.69, 9.17) is 0 Å². The summed E-state index contributed by atoms with van der Waals surface area (Å²) in [4.78, 5) is 21.1. The second kappa shape index (κ2) is 5.46. The third-order valence-electron chi connectivity index (χ3n) is 0.910. The monoisotopic (exact) mass is 157 g/mol. The van der Waals surface area contributed by atoms with Crippen LogP contribution in [0.15, 0.2) is 12.7 Å². The minimum Gasteiger partial charge on any atom is -0.450 e. The molecule has 0 radical (unpaired) electrons. The normalized spacial score (nSPS) is 8.45. The summed E-state index contributed by atoms with van der Waals surface area (Å²) in [6.07, 6.45) is 0.564. The molecular weight excluding hydrogens is 146 g/mol. The summed E-state index contributed by atoms with van der Waals surface area (Å²) in [5, 5.41) is 2.25. The third-order valence-corrected chi connectivity index (χ3v) is 0.910. The fraction of sp³-hybridized carbons (Fsp3) is 0.429. The van der Waals surface area contributed by atoms with Gasteiger partial charge in [-0.2, -0.15) is 0 Å². The van der Waals surface area contributed by atoms with Gasteiger partial charge in [0, 0.05) is 0 Å². The van der Waals surface area contributed by atoms with Gasteiger partial charge in [-0.25, -0.2) is 4.79 Å². The zero-order valence-corrected chi connectivity index (χ0v) is 6.42. The van der Waals surface area contributed by atoms with E-state index < -0.39 is 6.09 Å². The zero-order chi connectivity index (χ0) is 8.69. The first-order chi connectivity index (χ1) is 5.20. The van der Waals surface area contributed by atoms with E-state index in [-0.39, 0.29) is 12.3 Å². The standard InChI is InChI=1S/C7H11NO3/c1-3-6(9)5-8-7(10)11-4-2/h3H,1,4-5H2,2H3,(H,8,10). The van der Waals surface area contributed by atoms with Gasteiger partial charge in [-0.15, -0.1) is 0 Å². The number of hydrogen-bond donors (Lipinski definition) is 1. The molecule has 4 nitrogen and oxygen atoms in total. The molecule has 0 unspecified atom stereocenters. The Hall–Kier alpha value is -1.32. The van der Waals surface area contributed by atoms with E-state index in [2.05, 4.69) is 16.6 Å². The Morgan fingerprint density at radius 3 is 2.73 bits per heavy atom. The first-order valence-electron chi connectivity index (χ1n) is 3.26. The Balaban J connectivity index is 3.45. The molecule has 11 heavy (non-hydrogen) atoms. The Labute approximate surface area is 65.2 Å². The Morgan fingerprint density at radius 1 is 1.64 bits per heavy atom. The lowest BCUT2D eigenvalue weighted by atomic mass is 10.4. The van der Waals surface area contributed by atoms with Crippen molar-refractivity contribution in [3.05, 3.63) is 12.7 Å². The van der Waals surface area contributed by atoms with Gasteiger partial charge in [0.1, 0.15) is 0 Å². The smallest absolute Gasteiger partial charge is 0.407 e. The summed E-state index contributed by atoms with van der Waals surface area (Å²) >= 11 is 0. The van der Waals surface area contributed by atoms with Crippen molar-refractivity contribution in [2.75, 3.05) is 13.2 Å². The fourth-order valence-electron chi connectivity index (χ4n) is 0.414. The van der Waals surface area contributed by atoms with Crippen molar-refractivity contribution in [3.63, 3.8) is 0 Å². The van der Waals surface area contributed by atoms with Crippen LogP contribution in [0, 0.1) is 0 Å². The van der Waals surface area contributed by atoms with Crippen LogP contribution in [0.3, 0.4) is 0 Å². The number of carbonyl (C=O) groups excluding carboxylic acids is 2. The lowest BCUT2D eigenvalue weighted by Gasteiger charge is -2.01. The van der Waals surface area contributed by atoms with E-state index >= 15 is 0 Å². The molecule has 0 bridgehead atoms. The number of nitrogens with one attached hydrogen (secondary N) is 1. The lowest BCUT2D eigenvalue weighted by Crippen LogP contribution is -2.29. The number of carbonyl (C=O) groups is 2. The van der Waals surface area contributed by atoms with E-state index in [0.717, 1.165) is 6.08 Å². The van der Waals surface area contributed by atoms with Gasteiger partial charge in [-0.05, 0) is 13.0 Å². The maximum Gasteiger partial charge on any atom is 0.407 e. The van der Waals surface area contributed by atoms with Crippen LogP contribution in [0.25, 0.3) is 0 Å². The van der Waals surface area contributed by atoms with E-state index in [9.17, 15) is 9.59 Å². The number of alkyl carbamates (subject to hydrolysis) is 1. The summed E-state index contributed by atoms with van der Waals surface area (Å²) in [6, 6.07) is 0. The molecule has 1 N–H and O–H groups in total. The Bertz CT molecular complexity index is 165. The Morgan fingerprint density at radius 2 is 2.27 bits per heavy atom. The van der Waals surface area contributed by atoms with Crippen molar-refractivity contribution in [2.45, 2.75) is 6.92 Å². The molecule has 0 aliphatic heterocycles. The minimum absolute atomic E-state index is 0.0532. The van der Waals surface area contributed by atoms with Crippen LogP contribution < -0.4 is 5.32 Å². The van der Waals surface area contributed by atoms with E-state index in [0.29, 0.717) is 6.61 Å². The van der Waals surface area contributed by atoms with Crippen LogP contribution in [0.4, 0.5) is 4.79 Å². The van der Waals surface area contributed by atoms with Gasteiger partial charge in [0.05, 0.1) is 13.2 Å². The van der Waals surface area contributed by atoms with Gasteiger partial charge in [-0.1, -0.05) is 6.58 Å². The highest BCUT2D eigenvalue weighted by molar-refractivity contribution is 5.92. The highest BCUT2D eigenvalue weighted by Gasteiger charge is 2.00. The molecule has 62 valence electrons. The first-order valence-corrected chi connectivity index (χ1v) is 3.26. The molecule has 4 heteroatoms. The Kier molecular flexibility index (Phi) is 4.81. The average Bonchev–Trinajstić information content (AvgIpc) is 2.01. The maximum atomic E-state index is 10.5. The summed E-state index contributed by atoms with van der Waals surface area (Å²) in [6.45, 7) is 5.18. The molecule has 0 heterocycles. The zero-order valence-electron chi connectivity index (χ0n) is 6.42. The van der Waals surface area contributed by atoms with Crippen LogP contribution in [-0.2, 0) is 9.53 Å². The van der Waals surface area contributed by atoms with Gasteiger partial charge < -0.3 is 10.1 Å². The summed E-state index contributed by atoms with van der Waals surface area (Å²) < 4.78 is 4.50. The first kappa shape index (κ1) is 9.68. The molecule has 0 rings (SSSR count). The van der Waals surface area contributed by atoms with Crippen molar-refractivity contribution in [1.82, 2.24) is 5.32 Å². The predicted molar refractivity (Wildman–Crippen MR) is 40.2 cm³/mol. The van der Waals surface area contributed by atoms with E-state index in [1.54, 1.807) is 6.92 Å². The van der Waals surface area contributed by atoms with E-state index in [1.807, 2.05) is 0 Å². The van der Waals surface area contributed by atoms with Crippen LogP contribution in [0.5, 0.6) is 0 Å². The predicted octanol–water partition coefficient (Wildman–Crippen LogP) is 0.488. The average molecular weight is 157 g/mol. The van der Waals surface area contributed by atoms with Crippen molar-refractivity contribution in [1.29, 1.82) is 0 Å². The van der Waals surface area contributed by atoms with E-state index in [1.165, 1.54) is 0 Å².